The van der Waals surface area contributed by atoms with Crippen LogP contribution in [0.1, 0.15) is 24.5 Å². The summed E-state index contributed by atoms with van der Waals surface area (Å²) in [6.07, 6.45) is 0. The van der Waals surface area contributed by atoms with E-state index in [0.29, 0.717) is 16.0 Å². The molecule has 0 aliphatic carbocycles. The number of carbonyl (C=O) groups is 1. The lowest BCUT2D eigenvalue weighted by molar-refractivity contribution is -0.145. The molecule has 1 N–H and O–H groups in total. The van der Waals surface area contributed by atoms with Crippen LogP contribution in [0.25, 0.3) is 20.7 Å². The molecule has 5 nitrogen and oxygen atoms in total. The Hall–Kier alpha value is -1.99. The van der Waals surface area contributed by atoms with Gasteiger partial charge < -0.3 is 5.11 Å². The molecule has 3 heterocycles. The second-order valence-electron chi connectivity index (χ2n) is 5.85. The molecule has 0 unspecified atom stereocenters. The molecule has 120 valence electrons. The fourth-order valence-electron chi connectivity index (χ4n) is 2.73. The third-order valence-corrected chi connectivity index (χ3v) is 5.81. The molecule has 3 aromatic heterocycles. The smallest absolute Gasteiger partial charge is 0.329 e. The Bertz CT molecular complexity index is 966. The van der Waals surface area contributed by atoms with Crippen molar-refractivity contribution in [2.24, 2.45) is 0 Å². The number of aliphatic carboxylic acids is 1. The molecule has 0 aliphatic rings. The van der Waals surface area contributed by atoms with Crippen molar-refractivity contribution in [2.75, 3.05) is 0 Å². The van der Waals surface area contributed by atoms with Gasteiger partial charge in [-0.05, 0) is 39.1 Å². The molecule has 0 radical (unpaired) electrons. The Labute approximate surface area is 140 Å². The van der Waals surface area contributed by atoms with Gasteiger partial charge in [0.1, 0.15) is 16.2 Å². The van der Waals surface area contributed by atoms with Gasteiger partial charge in [-0.15, -0.1) is 22.7 Å². The summed E-state index contributed by atoms with van der Waals surface area (Å²) < 4.78 is 1.28. The lowest BCUT2D eigenvalue weighted by Crippen LogP contribution is -2.44. The minimum absolute atomic E-state index is 0.298. The van der Waals surface area contributed by atoms with Crippen LogP contribution in [-0.4, -0.2) is 20.6 Å². The van der Waals surface area contributed by atoms with Crippen molar-refractivity contribution in [2.45, 2.75) is 33.2 Å². The molecule has 0 aliphatic heterocycles. The number of hydrogen-bond acceptors (Lipinski definition) is 5. The highest BCUT2D eigenvalue weighted by molar-refractivity contribution is 7.20. The normalized spacial score (nSPS) is 12.0. The zero-order chi connectivity index (χ0) is 16.9. The first kappa shape index (κ1) is 15.9. The van der Waals surface area contributed by atoms with Gasteiger partial charge in [-0.3, -0.25) is 9.36 Å². The summed E-state index contributed by atoms with van der Waals surface area (Å²) in [5.74, 6) is -0.651. The van der Waals surface area contributed by atoms with Crippen LogP contribution in [0, 0.1) is 13.8 Å². The SMILES string of the molecule is Cc1sc2nc(C)n(C(C)(C)C(=O)O)c(=O)c2c1-c1cccs1. The molecule has 3 rings (SSSR count). The van der Waals surface area contributed by atoms with Crippen LogP contribution in [0.15, 0.2) is 22.3 Å². The summed E-state index contributed by atoms with van der Waals surface area (Å²) in [5, 5.41) is 12.0. The summed E-state index contributed by atoms with van der Waals surface area (Å²) in [5.41, 5.74) is -0.787. The molecule has 3 aromatic rings. The number of carboxylic acids is 1. The van der Waals surface area contributed by atoms with E-state index in [9.17, 15) is 14.7 Å². The van der Waals surface area contributed by atoms with E-state index in [0.717, 1.165) is 15.3 Å². The summed E-state index contributed by atoms with van der Waals surface area (Å²) in [7, 11) is 0. The van der Waals surface area contributed by atoms with E-state index in [2.05, 4.69) is 4.98 Å². The largest absolute Gasteiger partial charge is 0.480 e. The molecule has 0 aromatic carbocycles. The number of carboxylic acid groups (broad SMARTS) is 1. The van der Waals surface area contributed by atoms with Gasteiger partial charge in [0.15, 0.2) is 0 Å². The van der Waals surface area contributed by atoms with Crippen LogP contribution in [0.2, 0.25) is 0 Å². The maximum atomic E-state index is 13.1. The number of nitrogens with zero attached hydrogens (tertiary/aromatic N) is 2. The fourth-order valence-corrected chi connectivity index (χ4v) is 4.71. The van der Waals surface area contributed by atoms with E-state index >= 15 is 0 Å². The highest BCUT2D eigenvalue weighted by atomic mass is 32.1. The van der Waals surface area contributed by atoms with Gasteiger partial charge in [0.05, 0.1) is 5.39 Å². The number of hydrogen-bond donors (Lipinski definition) is 1. The highest BCUT2D eigenvalue weighted by Crippen LogP contribution is 2.38. The Morgan fingerprint density at radius 3 is 2.61 bits per heavy atom. The topological polar surface area (TPSA) is 72.2 Å². The zero-order valence-corrected chi connectivity index (χ0v) is 14.8. The van der Waals surface area contributed by atoms with Crippen molar-refractivity contribution in [3.63, 3.8) is 0 Å². The number of aromatic nitrogens is 2. The van der Waals surface area contributed by atoms with E-state index in [1.54, 1.807) is 18.3 Å². The van der Waals surface area contributed by atoms with Crippen molar-refractivity contribution in [1.29, 1.82) is 0 Å². The Balaban J connectivity index is 2.45. The molecule has 23 heavy (non-hydrogen) atoms. The van der Waals surface area contributed by atoms with Gasteiger partial charge in [-0.25, -0.2) is 9.78 Å². The quantitative estimate of drug-likeness (QED) is 0.784. The van der Waals surface area contributed by atoms with Crippen molar-refractivity contribution in [3.8, 4) is 10.4 Å². The molecule has 0 fully saturated rings. The van der Waals surface area contributed by atoms with Gasteiger partial charge in [-0.2, -0.15) is 0 Å². The second-order valence-corrected chi connectivity index (χ2v) is 8.01. The predicted octanol–water partition coefficient (Wildman–Crippen LogP) is 3.62. The van der Waals surface area contributed by atoms with Crippen LogP contribution >= 0.6 is 22.7 Å². The first-order valence-corrected chi connectivity index (χ1v) is 8.75. The molecule has 0 spiro atoms. The third kappa shape index (κ3) is 2.31. The van der Waals surface area contributed by atoms with Gasteiger partial charge in [-0.1, -0.05) is 6.07 Å². The van der Waals surface area contributed by atoms with Crippen LogP contribution in [0.4, 0.5) is 0 Å². The first-order valence-electron chi connectivity index (χ1n) is 7.05. The maximum Gasteiger partial charge on any atom is 0.329 e. The van der Waals surface area contributed by atoms with E-state index in [1.165, 1.54) is 29.8 Å². The van der Waals surface area contributed by atoms with E-state index in [1.807, 2.05) is 24.4 Å². The third-order valence-electron chi connectivity index (χ3n) is 3.92. The molecule has 0 saturated heterocycles. The summed E-state index contributed by atoms with van der Waals surface area (Å²) in [6, 6.07) is 3.90. The number of thiophene rings is 2. The van der Waals surface area contributed by atoms with Crippen LogP contribution in [-0.2, 0) is 10.3 Å². The van der Waals surface area contributed by atoms with Gasteiger partial charge in [0.2, 0.25) is 0 Å². The van der Waals surface area contributed by atoms with E-state index < -0.39 is 11.5 Å². The monoisotopic (exact) mass is 348 g/mol. The Morgan fingerprint density at radius 2 is 2.04 bits per heavy atom. The molecular formula is C16H16N2O3S2. The standard InChI is InChI=1S/C16H16N2O3S2/c1-8-11(10-6-5-7-22-10)12-13(23-8)17-9(2)18(14(12)19)16(3,4)15(20)21/h5-7H,1-4H3,(H,20,21). The first-order chi connectivity index (χ1) is 10.7. The molecular weight excluding hydrogens is 332 g/mol. The minimum atomic E-state index is -1.36. The molecule has 0 amide bonds. The van der Waals surface area contributed by atoms with E-state index in [4.69, 9.17) is 0 Å². The average molecular weight is 348 g/mol. The lowest BCUT2D eigenvalue weighted by atomic mass is 10.0. The Morgan fingerprint density at radius 1 is 1.35 bits per heavy atom. The summed E-state index contributed by atoms with van der Waals surface area (Å²) >= 11 is 3.02. The summed E-state index contributed by atoms with van der Waals surface area (Å²) in [6.45, 7) is 6.66. The average Bonchev–Trinajstić information content (AvgIpc) is 3.04. The van der Waals surface area contributed by atoms with Crippen molar-refractivity contribution in [3.05, 3.63) is 38.6 Å². The second kappa shape index (κ2) is 5.28. The van der Waals surface area contributed by atoms with Gasteiger partial charge >= 0.3 is 5.97 Å². The number of rotatable bonds is 3. The molecule has 0 atom stereocenters. The molecule has 0 saturated carbocycles. The minimum Gasteiger partial charge on any atom is -0.480 e. The van der Waals surface area contributed by atoms with E-state index in [-0.39, 0.29) is 5.56 Å². The fraction of sp³-hybridized carbons (Fsp3) is 0.312. The summed E-state index contributed by atoms with van der Waals surface area (Å²) in [4.78, 5) is 31.9. The maximum absolute atomic E-state index is 13.1. The Kier molecular flexibility index (Phi) is 3.65. The number of fused-ring (bicyclic) bond motifs is 1. The highest BCUT2D eigenvalue weighted by Gasteiger charge is 2.33. The van der Waals surface area contributed by atoms with Crippen LogP contribution in [0.3, 0.4) is 0 Å². The molecule has 0 bridgehead atoms. The van der Waals surface area contributed by atoms with Crippen molar-refractivity contribution in [1.82, 2.24) is 9.55 Å². The van der Waals surface area contributed by atoms with Crippen molar-refractivity contribution < 1.29 is 9.90 Å². The number of aryl methyl sites for hydroxylation is 2. The van der Waals surface area contributed by atoms with Gasteiger partial charge in [0.25, 0.3) is 5.56 Å². The molecule has 7 heteroatoms. The van der Waals surface area contributed by atoms with Gasteiger partial charge in [0, 0.05) is 15.3 Å². The zero-order valence-electron chi connectivity index (χ0n) is 13.2. The van der Waals surface area contributed by atoms with Crippen molar-refractivity contribution >= 4 is 38.9 Å². The van der Waals surface area contributed by atoms with Crippen LogP contribution in [0.5, 0.6) is 0 Å². The predicted molar refractivity (Wildman–Crippen MR) is 93.6 cm³/mol. The lowest BCUT2D eigenvalue weighted by Gasteiger charge is -2.24. The van der Waals surface area contributed by atoms with Crippen LogP contribution < -0.4 is 5.56 Å².